The number of benzene rings is 1. The number of fused-ring (bicyclic) bond motifs is 1. The predicted molar refractivity (Wildman–Crippen MR) is 65.0 cm³/mol. The van der Waals surface area contributed by atoms with Gasteiger partial charge in [0.15, 0.2) is 0 Å². The van der Waals surface area contributed by atoms with Gasteiger partial charge in [-0.1, -0.05) is 23.2 Å². The summed E-state index contributed by atoms with van der Waals surface area (Å²) < 4.78 is 51.4. The number of hydrogen-bond donors (Lipinski definition) is 0. The highest BCUT2D eigenvalue weighted by Gasteiger charge is 2.31. The van der Waals surface area contributed by atoms with Crippen molar-refractivity contribution in [2.45, 2.75) is 10.3 Å². The number of hydrogen-bond acceptors (Lipinski definition) is 3. The molecule has 1 aromatic heterocycles. The molecule has 0 fully saturated rings. The first kappa shape index (κ1) is 14.5. The van der Waals surface area contributed by atoms with Gasteiger partial charge in [0.1, 0.15) is 5.75 Å². The second kappa shape index (κ2) is 4.92. The summed E-state index contributed by atoms with van der Waals surface area (Å²) in [5.74, 6) is -0.448. The third-order valence-corrected chi connectivity index (χ3v) is 3.02. The summed E-state index contributed by atoms with van der Waals surface area (Å²) in [6, 6.07) is 3.53. The summed E-state index contributed by atoms with van der Waals surface area (Å²) in [6.45, 7) is 0. The maximum atomic E-state index is 13.1. The lowest BCUT2D eigenvalue weighted by Crippen LogP contribution is -2.17. The molecule has 0 radical (unpaired) electrons. The molecule has 2 rings (SSSR count). The molecule has 10 heteroatoms. The van der Waals surface area contributed by atoms with Crippen molar-refractivity contribution in [2.75, 3.05) is 0 Å². The Hall–Kier alpha value is -0.860. The van der Waals surface area contributed by atoms with Crippen LogP contribution in [0.25, 0.3) is 10.9 Å². The van der Waals surface area contributed by atoms with Gasteiger partial charge in [0.2, 0.25) is 0 Å². The lowest BCUT2D eigenvalue weighted by Gasteiger charge is -2.10. The third kappa shape index (κ3) is 4.05. The zero-order valence-electron chi connectivity index (χ0n) is 8.79. The molecule has 3 nitrogen and oxygen atoms in total. The predicted octanol–water partition coefficient (Wildman–Crippen LogP) is 4.49. The second-order valence-electron chi connectivity index (χ2n) is 3.32. The summed E-state index contributed by atoms with van der Waals surface area (Å²) in [4.78, 5) is 0. The Morgan fingerprint density at radius 2 is 1.89 bits per heavy atom. The van der Waals surface area contributed by atoms with E-state index < -0.39 is 16.0 Å². The number of nitrogens with zero attached hydrogens (tertiary/aromatic N) is 2. The lowest BCUT2D eigenvalue weighted by atomic mass is 10.2. The normalized spacial score (nSPS) is 12.9. The average molecular weight is 335 g/mol. The highest BCUT2D eigenvalue weighted by molar-refractivity contribution is 8.01. The number of ether oxygens (including phenoxy) is 1. The highest BCUT2D eigenvalue weighted by atomic mass is 35.5. The lowest BCUT2D eigenvalue weighted by molar-refractivity contribution is -0.274. The van der Waals surface area contributed by atoms with Crippen molar-refractivity contribution in [1.29, 1.82) is 0 Å². The largest absolute Gasteiger partial charge is 0.573 e. The van der Waals surface area contributed by atoms with Gasteiger partial charge in [0.05, 0.1) is 23.7 Å². The third-order valence-electron chi connectivity index (χ3n) is 1.93. The van der Waals surface area contributed by atoms with Crippen LogP contribution < -0.4 is 4.74 Å². The molecule has 0 bridgehead atoms. The molecule has 19 heavy (non-hydrogen) atoms. The molecule has 0 saturated heterocycles. The Kier molecular flexibility index (Phi) is 3.76. The molecule has 0 unspecified atom stereocenters. The van der Waals surface area contributed by atoms with E-state index in [4.69, 9.17) is 23.2 Å². The van der Waals surface area contributed by atoms with Gasteiger partial charge < -0.3 is 4.74 Å². The van der Waals surface area contributed by atoms with E-state index in [2.05, 4.69) is 9.84 Å². The maximum Gasteiger partial charge on any atom is 0.573 e. The number of alkyl halides is 6. The van der Waals surface area contributed by atoms with Crippen molar-refractivity contribution in [3.05, 3.63) is 24.4 Å². The van der Waals surface area contributed by atoms with Gasteiger partial charge in [-0.2, -0.15) is 9.49 Å². The Labute approximate surface area is 118 Å². The quantitative estimate of drug-likeness (QED) is 0.611. The van der Waals surface area contributed by atoms with Crippen molar-refractivity contribution in [2.24, 2.45) is 0 Å². The molecule has 0 aliphatic carbocycles. The second-order valence-corrected chi connectivity index (χ2v) is 6.10. The van der Waals surface area contributed by atoms with Crippen LogP contribution in [0.5, 0.6) is 5.75 Å². The standard InChI is InChI=1S/C9H4Cl2F4N2OS/c10-8(11,12)19-17-7-3-6(18-9(13,14)15)2-1-5(7)4-16-17/h1-4H. The van der Waals surface area contributed by atoms with E-state index in [0.717, 1.165) is 16.2 Å². The van der Waals surface area contributed by atoms with Crippen LogP contribution in [-0.2, 0) is 0 Å². The minimum Gasteiger partial charge on any atom is -0.406 e. The summed E-state index contributed by atoms with van der Waals surface area (Å²) in [7, 11) is 0. The van der Waals surface area contributed by atoms with Gasteiger partial charge in [-0.25, -0.2) is 4.09 Å². The average Bonchev–Trinajstić information content (AvgIpc) is 2.56. The van der Waals surface area contributed by atoms with Crippen LogP contribution in [0, 0.1) is 0 Å². The molecular weight excluding hydrogens is 331 g/mol. The fourth-order valence-corrected chi connectivity index (χ4v) is 2.28. The Morgan fingerprint density at radius 3 is 2.47 bits per heavy atom. The Balaban J connectivity index is 2.37. The topological polar surface area (TPSA) is 27.1 Å². The first-order valence-corrected chi connectivity index (χ1v) is 6.17. The first-order valence-electron chi connectivity index (χ1n) is 4.64. The number of aromatic nitrogens is 2. The molecule has 2 aromatic rings. The van der Waals surface area contributed by atoms with Crippen LogP contribution in [0.4, 0.5) is 17.6 Å². The molecule has 1 heterocycles. The Bertz CT molecular complexity index is 596. The maximum absolute atomic E-state index is 13.1. The van der Waals surface area contributed by atoms with Crippen LogP contribution in [0.3, 0.4) is 0 Å². The summed E-state index contributed by atoms with van der Waals surface area (Å²) in [6.07, 6.45) is -3.48. The molecular formula is C9H4Cl2F4N2OS. The molecule has 104 valence electrons. The van der Waals surface area contributed by atoms with Crippen molar-refractivity contribution in [3.8, 4) is 5.75 Å². The number of rotatable bonds is 3. The van der Waals surface area contributed by atoms with Gasteiger partial charge >= 0.3 is 10.3 Å². The molecule has 0 aliphatic rings. The van der Waals surface area contributed by atoms with Gasteiger partial charge in [-0.15, -0.1) is 13.2 Å². The summed E-state index contributed by atoms with van der Waals surface area (Å²) >= 11 is 10.6. The minimum absolute atomic E-state index is 0.190. The first-order chi connectivity index (χ1) is 8.64. The SMILES string of the molecule is FC(F)(F)Oc1ccc2cnn(SC(F)(Cl)Cl)c2c1. The fraction of sp³-hybridized carbons (Fsp3) is 0.222. The highest BCUT2D eigenvalue weighted by Crippen LogP contribution is 2.38. The van der Waals surface area contributed by atoms with E-state index in [1.165, 1.54) is 12.3 Å². The van der Waals surface area contributed by atoms with Gasteiger partial charge in [-0.05, 0) is 12.1 Å². The van der Waals surface area contributed by atoms with Crippen LogP contribution in [0.1, 0.15) is 0 Å². The molecule has 1 aromatic carbocycles. The summed E-state index contributed by atoms with van der Waals surface area (Å²) in [5.41, 5.74) is 0.190. The van der Waals surface area contributed by atoms with E-state index >= 15 is 0 Å². The smallest absolute Gasteiger partial charge is 0.406 e. The molecule has 0 amide bonds. The van der Waals surface area contributed by atoms with Crippen molar-refractivity contribution >= 4 is 46.1 Å². The van der Waals surface area contributed by atoms with Crippen molar-refractivity contribution < 1.29 is 22.3 Å². The van der Waals surface area contributed by atoms with E-state index in [9.17, 15) is 17.6 Å². The van der Waals surface area contributed by atoms with Crippen LogP contribution in [-0.4, -0.2) is 19.5 Å². The molecule has 0 saturated carbocycles. The van der Waals surface area contributed by atoms with Crippen LogP contribution in [0.15, 0.2) is 24.4 Å². The van der Waals surface area contributed by atoms with Crippen LogP contribution >= 0.6 is 35.1 Å². The van der Waals surface area contributed by atoms with Crippen molar-refractivity contribution in [3.63, 3.8) is 0 Å². The van der Waals surface area contributed by atoms with E-state index in [1.54, 1.807) is 0 Å². The number of halogens is 6. The minimum atomic E-state index is -4.81. The molecule has 0 aliphatic heterocycles. The zero-order chi connectivity index (χ0) is 14.3. The van der Waals surface area contributed by atoms with E-state index in [1.807, 2.05) is 0 Å². The summed E-state index contributed by atoms with van der Waals surface area (Å²) in [5, 5.41) is 4.24. The monoisotopic (exact) mass is 334 g/mol. The Morgan fingerprint density at radius 1 is 1.21 bits per heavy atom. The molecule has 0 spiro atoms. The van der Waals surface area contributed by atoms with Crippen LogP contribution in [0.2, 0.25) is 0 Å². The molecule has 0 atom stereocenters. The van der Waals surface area contributed by atoms with Gasteiger partial charge in [0.25, 0.3) is 0 Å². The van der Waals surface area contributed by atoms with Gasteiger partial charge in [-0.3, -0.25) is 0 Å². The van der Waals surface area contributed by atoms with E-state index in [0.29, 0.717) is 17.3 Å². The fourth-order valence-electron chi connectivity index (χ4n) is 1.34. The van der Waals surface area contributed by atoms with E-state index in [-0.39, 0.29) is 5.52 Å². The molecule has 0 N–H and O–H groups in total. The van der Waals surface area contributed by atoms with Gasteiger partial charge in [0, 0.05) is 11.5 Å². The van der Waals surface area contributed by atoms with Crippen molar-refractivity contribution in [1.82, 2.24) is 9.19 Å². The zero-order valence-corrected chi connectivity index (χ0v) is 11.1.